The molecule has 2 N–H and O–H groups in total. The van der Waals surface area contributed by atoms with Gasteiger partial charge in [0.2, 0.25) is 0 Å². The predicted octanol–water partition coefficient (Wildman–Crippen LogP) is 3.11. The molecule has 0 aromatic rings. The first-order valence-electron chi connectivity index (χ1n) is 3.10. The largest absolute Gasteiger partial charge is 0.401 e. The van der Waals surface area contributed by atoms with E-state index in [1.54, 1.807) is 19.9 Å². The second kappa shape index (κ2) is 4.47. The van der Waals surface area contributed by atoms with E-state index in [-0.39, 0.29) is 0 Å². The summed E-state index contributed by atoms with van der Waals surface area (Å²) >= 11 is 11.4. The van der Waals surface area contributed by atoms with Crippen LogP contribution in [-0.2, 0) is 0 Å². The lowest BCUT2D eigenvalue weighted by Crippen LogP contribution is -1.92. The molecule has 0 spiro atoms. The molecule has 0 aliphatic carbocycles. The van der Waals surface area contributed by atoms with Crippen molar-refractivity contribution >= 4 is 23.2 Å². The van der Waals surface area contributed by atoms with Crippen molar-refractivity contribution in [3.63, 3.8) is 0 Å². The highest BCUT2D eigenvalue weighted by atomic mass is 35.5. The Kier molecular flexibility index (Phi) is 4.31. The lowest BCUT2D eigenvalue weighted by atomic mass is 10.3. The van der Waals surface area contributed by atoms with Crippen LogP contribution in [-0.4, -0.2) is 0 Å². The van der Waals surface area contributed by atoms with Crippen molar-refractivity contribution in [2.24, 2.45) is 5.73 Å². The molecule has 0 saturated carbocycles. The Labute approximate surface area is 77.2 Å². The zero-order chi connectivity index (χ0) is 9.02. The molecule has 62 valence electrons. The Morgan fingerprint density at radius 2 is 1.82 bits per heavy atom. The first kappa shape index (κ1) is 10.6. The van der Waals surface area contributed by atoms with Crippen molar-refractivity contribution in [3.8, 4) is 0 Å². The fourth-order valence-corrected chi connectivity index (χ4v) is 0.622. The van der Waals surface area contributed by atoms with Gasteiger partial charge in [0, 0.05) is 10.7 Å². The van der Waals surface area contributed by atoms with Crippen molar-refractivity contribution in [1.82, 2.24) is 0 Å². The van der Waals surface area contributed by atoms with Crippen LogP contribution in [0.4, 0.5) is 0 Å². The molecule has 3 heteroatoms. The molecule has 1 nitrogen and oxygen atoms in total. The topological polar surface area (TPSA) is 26.0 Å². The maximum absolute atomic E-state index is 5.74. The lowest BCUT2D eigenvalue weighted by molar-refractivity contribution is 1.30. The summed E-state index contributed by atoms with van der Waals surface area (Å²) in [4.78, 5) is 0. The van der Waals surface area contributed by atoms with Gasteiger partial charge >= 0.3 is 0 Å². The van der Waals surface area contributed by atoms with Crippen LogP contribution in [0.5, 0.6) is 0 Å². The van der Waals surface area contributed by atoms with E-state index >= 15 is 0 Å². The fraction of sp³-hybridized carbons (Fsp3) is 0.250. The highest BCUT2D eigenvalue weighted by molar-refractivity contribution is 6.35. The van der Waals surface area contributed by atoms with Gasteiger partial charge in [0.1, 0.15) is 0 Å². The van der Waals surface area contributed by atoms with Gasteiger partial charge in [-0.1, -0.05) is 29.8 Å². The quantitative estimate of drug-likeness (QED) is 0.668. The second-order valence-corrected chi connectivity index (χ2v) is 3.12. The third kappa shape index (κ3) is 4.12. The smallest absolute Gasteiger partial charge is 0.0605 e. The molecule has 0 fully saturated rings. The van der Waals surface area contributed by atoms with Crippen molar-refractivity contribution in [3.05, 3.63) is 34.0 Å². The van der Waals surface area contributed by atoms with Crippen molar-refractivity contribution in [1.29, 1.82) is 0 Å². The van der Waals surface area contributed by atoms with Crippen molar-refractivity contribution < 1.29 is 0 Å². The number of hydrogen-bond acceptors (Lipinski definition) is 1. The minimum absolute atomic E-state index is 0.456. The molecule has 0 rings (SSSR count). The lowest BCUT2D eigenvalue weighted by Gasteiger charge is -1.97. The van der Waals surface area contributed by atoms with E-state index in [0.717, 1.165) is 5.57 Å². The summed E-state index contributed by atoms with van der Waals surface area (Å²) in [5, 5.41) is 0.984. The summed E-state index contributed by atoms with van der Waals surface area (Å²) in [5.41, 5.74) is 6.72. The summed E-state index contributed by atoms with van der Waals surface area (Å²) in [6.45, 7) is 7.16. The highest BCUT2D eigenvalue weighted by Gasteiger charge is 1.95. The molecule has 0 aromatic carbocycles. The SMILES string of the molecule is C=C(C)/C(Cl)=C\C(Cl)=C(/C)N. The molecule has 0 aliphatic rings. The summed E-state index contributed by atoms with van der Waals surface area (Å²) in [6, 6.07) is 0. The zero-order valence-electron chi connectivity index (χ0n) is 6.62. The third-order valence-electron chi connectivity index (χ3n) is 1.04. The van der Waals surface area contributed by atoms with Crippen LogP contribution < -0.4 is 5.73 Å². The second-order valence-electron chi connectivity index (χ2n) is 2.30. The van der Waals surface area contributed by atoms with Gasteiger partial charge < -0.3 is 5.73 Å². The molecule has 0 saturated heterocycles. The van der Waals surface area contributed by atoms with E-state index in [9.17, 15) is 0 Å². The van der Waals surface area contributed by atoms with Crippen LogP contribution in [0.15, 0.2) is 34.0 Å². The highest BCUT2D eigenvalue weighted by Crippen LogP contribution is 2.17. The van der Waals surface area contributed by atoms with Crippen molar-refractivity contribution in [2.75, 3.05) is 0 Å². The van der Waals surface area contributed by atoms with Gasteiger partial charge in [-0.3, -0.25) is 0 Å². The van der Waals surface area contributed by atoms with E-state index < -0.39 is 0 Å². The van der Waals surface area contributed by atoms with E-state index in [2.05, 4.69) is 6.58 Å². The standard InChI is InChI=1S/C8H11Cl2N/c1-5(2)7(9)4-8(10)6(3)11/h4H,1,11H2,2-3H3/b7-4+,8-6-. The zero-order valence-corrected chi connectivity index (χ0v) is 8.13. The average molecular weight is 192 g/mol. The molecule has 0 unspecified atom stereocenters. The monoisotopic (exact) mass is 191 g/mol. The minimum Gasteiger partial charge on any atom is -0.401 e. The van der Waals surface area contributed by atoms with E-state index in [1.165, 1.54) is 0 Å². The Morgan fingerprint density at radius 1 is 1.36 bits per heavy atom. The molecule has 0 amide bonds. The minimum atomic E-state index is 0.456. The molecule has 0 radical (unpaired) electrons. The maximum Gasteiger partial charge on any atom is 0.0605 e. The van der Waals surface area contributed by atoms with Gasteiger partial charge in [-0.15, -0.1) is 0 Å². The molecule has 0 aliphatic heterocycles. The van der Waals surface area contributed by atoms with Gasteiger partial charge in [0.15, 0.2) is 0 Å². The first-order valence-corrected chi connectivity index (χ1v) is 3.85. The average Bonchev–Trinajstić information content (AvgIpc) is 1.87. The normalized spacial score (nSPS) is 14.4. The first-order chi connectivity index (χ1) is 4.95. The van der Waals surface area contributed by atoms with Crippen LogP contribution in [0.25, 0.3) is 0 Å². The maximum atomic E-state index is 5.74. The van der Waals surface area contributed by atoms with Gasteiger partial charge in [-0.2, -0.15) is 0 Å². The van der Waals surface area contributed by atoms with Crippen LogP contribution in [0.2, 0.25) is 0 Å². The Morgan fingerprint density at radius 3 is 2.09 bits per heavy atom. The van der Waals surface area contributed by atoms with E-state index in [4.69, 9.17) is 28.9 Å². The van der Waals surface area contributed by atoms with Gasteiger partial charge in [-0.05, 0) is 25.5 Å². The molecule has 0 heterocycles. The van der Waals surface area contributed by atoms with Crippen LogP contribution in [0, 0.1) is 0 Å². The van der Waals surface area contributed by atoms with Crippen LogP contribution in [0.3, 0.4) is 0 Å². The predicted molar refractivity (Wildman–Crippen MR) is 51.5 cm³/mol. The van der Waals surface area contributed by atoms with Crippen LogP contribution >= 0.6 is 23.2 Å². The number of halogens is 2. The summed E-state index contributed by atoms with van der Waals surface area (Å²) in [5.74, 6) is 0. The third-order valence-corrected chi connectivity index (χ3v) is 1.88. The number of allylic oxidation sites excluding steroid dienone is 5. The number of hydrogen-bond donors (Lipinski definition) is 1. The summed E-state index contributed by atoms with van der Waals surface area (Å²) in [7, 11) is 0. The van der Waals surface area contributed by atoms with E-state index in [0.29, 0.717) is 15.8 Å². The van der Waals surface area contributed by atoms with Gasteiger partial charge in [-0.25, -0.2) is 0 Å². The molecule has 0 aromatic heterocycles. The van der Waals surface area contributed by atoms with Crippen LogP contribution in [0.1, 0.15) is 13.8 Å². The van der Waals surface area contributed by atoms with Gasteiger partial charge in [0.05, 0.1) is 5.03 Å². The Balaban J connectivity index is 4.58. The van der Waals surface area contributed by atoms with Gasteiger partial charge in [0.25, 0.3) is 0 Å². The number of nitrogens with two attached hydrogens (primary N) is 1. The molecule has 0 atom stereocenters. The number of rotatable bonds is 2. The fourth-order valence-electron chi connectivity index (χ4n) is 0.348. The van der Waals surface area contributed by atoms with E-state index in [1.807, 2.05) is 0 Å². The molecule has 0 bridgehead atoms. The van der Waals surface area contributed by atoms with Crippen molar-refractivity contribution in [2.45, 2.75) is 13.8 Å². The molecular formula is C8H11Cl2N. The molecular weight excluding hydrogens is 181 g/mol. The molecule has 11 heavy (non-hydrogen) atoms. The Hall–Kier alpha value is -0.400. The Bertz CT molecular complexity index is 222. The summed E-state index contributed by atoms with van der Waals surface area (Å²) in [6.07, 6.45) is 1.58. The summed E-state index contributed by atoms with van der Waals surface area (Å²) < 4.78 is 0.